The number of ether oxygens (including phenoxy) is 1. The molecule has 0 aliphatic carbocycles. The Bertz CT molecular complexity index is 656. The van der Waals surface area contributed by atoms with Gasteiger partial charge < -0.3 is 19.9 Å². The molecule has 2 aliphatic heterocycles. The molecule has 0 aromatic heterocycles. The van der Waals surface area contributed by atoms with Crippen LogP contribution in [-0.2, 0) is 9.53 Å². The van der Waals surface area contributed by atoms with Gasteiger partial charge in [-0.3, -0.25) is 4.79 Å². The molecule has 1 aromatic rings. The number of carbonyl (C=O) groups excluding carboxylic acids is 1. The highest BCUT2D eigenvalue weighted by Gasteiger charge is 2.29. The summed E-state index contributed by atoms with van der Waals surface area (Å²) in [6.07, 6.45) is 3.54. The molecular formula is C22H34N4O2. The van der Waals surface area contributed by atoms with E-state index in [1.54, 1.807) is 19.0 Å². The summed E-state index contributed by atoms with van der Waals surface area (Å²) in [6, 6.07) is 10.8. The van der Waals surface area contributed by atoms with E-state index in [4.69, 9.17) is 4.74 Å². The Morgan fingerprint density at radius 1 is 1.29 bits per heavy atom. The fraction of sp³-hybridized carbons (Fsp3) is 0.636. The van der Waals surface area contributed by atoms with Gasteiger partial charge >= 0.3 is 0 Å². The highest BCUT2D eigenvalue weighted by atomic mass is 16.5. The van der Waals surface area contributed by atoms with Crippen molar-refractivity contribution in [1.82, 2.24) is 15.1 Å². The second kappa shape index (κ2) is 9.92. The first-order valence-corrected chi connectivity index (χ1v) is 10.4. The van der Waals surface area contributed by atoms with E-state index in [2.05, 4.69) is 52.5 Å². The van der Waals surface area contributed by atoms with Crippen molar-refractivity contribution in [2.75, 3.05) is 46.9 Å². The van der Waals surface area contributed by atoms with Crippen LogP contribution < -0.4 is 5.32 Å². The highest BCUT2D eigenvalue weighted by Crippen LogP contribution is 2.32. The predicted octanol–water partition coefficient (Wildman–Crippen LogP) is 2.32. The molecule has 3 unspecified atom stereocenters. The second-order valence-electron chi connectivity index (χ2n) is 8.17. The Morgan fingerprint density at radius 2 is 2.07 bits per heavy atom. The van der Waals surface area contributed by atoms with E-state index in [0.717, 1.165) is 51.5 Å². The molecule has 2 fully saturated rings. The summed E-state index contributed by atoms with van der Waals surface area (Å²) in [5.41, 5.74) is 1.42. The van der Waals surface area contributed by atoms with E-state index in [9.17, 15) is 4.79 Å². The number of rotatable bonds is 5. The van der Waals surface area contributed by atoms with Crippen molar-refractivity contribution in [3.8, 4) is 0 Å². The average molecular weight is 387 g/mol. The summed E-state index contributed by atoms with van der Waals surface area (Å²) in [4.78, 5) is 20.6. The smallest absolute Gasteiger partial charge is 0.243 e. The minimum atomic E-state index is 0.0173. The second-order valence-corrected chi connectivity index (χ2v) is 8.17. The van der Waals surface area contributed by atoms with E-state index in [-0.39, 0.29) is 18.6 Å². The first-order valence-electron chi connectivity index (χ1n) is 10.4. The molecule has 3 rings (SSSR count). The number of guanidine groups is 1. The number of amides is 1. The van der Waals surface area contributed by atoms with Crippen LogP contribution in [0.5, 0.6) is 0 Å². The fourth-order valence-electron chi connectivity index (χ4n) is 4.10. The van der Waals surface area contributed by atoms with Gasteiger partial charge in [0.25, 0.3) is 0 Å². The number of hydrogen-bond acceptors (Lipinski definition) is 3. The molecule has 2 heterocycles. The highest BCUT2D eigenvalue weighted by molar-refractivity contribution is 5.85. The van der Waals surface area contributed by atoms with Crippen LogP contribution in [0.4, 0.5) is 0 Å². The van der Waals surface area contributed by atoms with Crippen LogP contribution in [0.2, 0.25) is 0 Å². The maximum atomic E-state index is 12.0. The predicted molar refractivity (Wildman–Crippen MR) is 113 cm³/mol. The molecule has 1 amide bonds. The molecule has 2 saturated heterocycles. The molecule has 6 heteroatoms. The third-order valence-electron chi connectivity index (χ3n) is 5.81. The summed E-state index contributed by atoms with van der Waals surface area (Å²) < 4.78 is 5.74. The van der Waals surface area contributed by atoms with Gasteiger partial charge in [0.15, 0.2) is 5.96 Å². The van der Waals surface area contributed by atoms with Crippen molar-refractivity contribution >= 4 is 11.9 Å². The topological polar surface area (TPSA) is 57.2 Å². The van der Waals surface area contributed by atoms with Crippen LogP contribution in [0.3, 0.4) is 0 Å². The summed E-state index contributed by atoms with van der Waals surface area (Å²) in [5.74, 6) is 1.95. The number of nitrogens with zero attached hydrogens (tertiary/aromatic N) is 3. The molecule has 1 aromatic carbocycles. The first-order chi connectivity index (χ1) is 13.5. The Morgan fingerprint density at radius 3 is 2.71 bits per heavy atom. The standard InChI is InChI=1S/C22H34N4O2/c1-17-16-26(12-11-20(17)18-8-5-4-6-9-18)22(24-15-21(27)25(2)3)23-14-19-10-7-13-28-19/h4-6,8-9,17,19-20H,7,10-16H2,1-3H3,(H,23,24). The van der Waals surface area contributed by atoms with E-state index >= 15 is 0 Å². The summed E-state index contributed by atoms with van der Waals surface area (Å²) in [5, 5.41) is 3.48. The number of aliphatic imine (C=N–C) groups is 1. The maximum absolute atomic E-state index is 12.0. The molecule has 0 spiro atoms. The van der Waals surface area contributed by atoms with E-state index in [0.29, 0.717) is 11.8 Å². The lowest BCUT2D eigenvalue weighted by Crippen LogP contribution is -2.49. The molecule has 154 valence electrons. The van der Waals surface area contributed by atoms with E-state index in [1.165, 1.54) is 5.56 Å². The Balaban J connectivity index is 1.65. The largest absolute Gasteiger partial charge is 0.376 e. The number of likely N-dealkylation sites (N-methyl/N-ethyl adjacent to an activating group) is 1. The zero-order chi connectivity index (χ0) is 19.9. The number of hydrogen-bond donors (Lipinski definition) is 1. The number of nitrogens with one attached hydrogen (secondary N) is 1. The summed E-state index contributed by atoms with van der Waals surface area (Å²) in [6.45, 7) is 5.96. The van der Waals surface area contributed by atoms with Crippen molar-refractivity contribution < 1.29 is 9.53 Å². The quantitative estimate of drug-likeness (QED) is 0.623. The van der Waals surface area contributed by atoms with Crippen molar-refractivity contribution in [3.05, 3.63) is 35.9 Å². The van der Waals surface area contributed by atoms with Crippen molar-refractivity contribution in [1.29, 1.82) is 0 Å². The minimum absolute atomic E-state index is 0.0173. The average Bonchev–Trinajstić information content (AvgIpc) is 3.22. The molecule has 6 nitrogen and oxygen atoms in total. The summed E-state index contributed by atoms with van der Waals surface area (Å²) in [7, 11) is 3.54. The zero-order valence-electron chi connectivity index (χ0n) is 17.4. The SMILES string of the molecule is CC1CN(C(=NCC(=O)N(C)C)NCC2CCCO2)CCC1c1ccccc1. The van der Waals surface area contributed by atoms with Gasteiger partial charge in [-0.25, -0.2) is 4.99 Å². The molecule has 1 N–H and O–H groups in total. The van der Waals surface area contributed by atoms with Gasteiger partial charge in [0.1, 0.15) is 6.54 Å². The van der Waals surface area contributed by atoms with Crippen molar-refractivity contribution in [3.63, 3.8) is 0 Å². The number of likely N-dealkylation sites (tertiary alicyclic amines) is 1. The minimum Gasteiger partial charge on any atom is -0.376 e. The van der Waals surface area contributed by atoms with Crippen LogP contribution >= 0.6 is 0 Å². The van der Waals surface area contributed by atoms with Crippen LogP contribution in [-0.4, -0.2) is 74.7 Å². The molecule has 3 atom stereocenters. The molecule has 0 radical (unpaired) electrons. The number of carbonyl (C=O) groups is 1. The lowest BCUT2D eigenvalue weighted by molar-refractivity contribution is -0.127. The van der Waals surface area contributed by atoms with E-state index in [1.807, 2.05) is 0 Å². The lowest BCUT2D eigenvalue weighted by atomic mass is 9.82. The van der Waals surface area contributed by atoms with Crippen LogP contribution in [0.25, 0.3) is 0 Å². The molecule has 2 aliphatic rings. The van der Waals surface area contributed by atoms with Gasteiger partial charge in [-0.1, -0.05) is 37.3 Å². The first kappa shape index (κ1) is 20.6. The van der Waals surface area contributed by atoms with Crippen LogP contribution in [0.15, 0.2) is 35.3 Å². The van der Waals surface area contributed by atoms with E-state index < -0.39 is 0 Å². The van der Waals surface area contributed by atoms with Crippen LogP contribution in [0, 0.1) is 5.92 Å². The monoisotopic (exact) mass is 386 g/mol. The molecule has 0 bridgehead atoms. The van der Waals surface area contributed by atoms with Gasteiger partial charge in [-0.15, -0.1) is 0 Å². The Hall–Kier alpha value is -2.08. The maximum Gasteiger partial charge on any atom is 0.243 e. The van der Waals surface area contributed by atoms with Gasteiger partial charge in [0.2, 0.25) is 5.91 Å². The third kappa shape index (κ3) is 5.47. The van der Waals surface area contributed by atoms with Crippen molar-refractivity contribution in [2.24, 2.45) is 10.9 Å². The molecule has 0 saturated carbocycles. The third-order valence-corrected chi connectivity index (χ3v) is 5.81. The molecular weight excluding hydrogens is 352 g/mol. The zero-order valence-corrected chi connectivity index (χ0v) is 17.4. The normalized spacial score (nSPS) is 25.6. The Kier molecular flexibility index (Phi) is 7.31. The Labute approximate surface area is 168 Å². The van der Waals surface area contributed by atoms with Gasteiger partial charge in [0.05, 0.1) is 6.10 Å². The van der Waals surface area contributed by atoms with Crippen LogP contribution in [0.1, 0.15) is 37.7 Å². The van der Waals surface area contributed by atoms with Gasteiger partial charge in [-0.05, 0) is 36.7 Å². The molecule has 28 heavy (non-hydrogen) atoms. The lowest BCUT2D eigenvalue weighted by Gasteiger charge is -2.39. The van der Waals surface area contributed by atoms with Gasteiger partial charge in [0, 0.05) is 40.3 Å². The van der Waals surface area contributed by atoms with Crippen molar-refractivity contribution in [2.45, 2.75) is 38.2 Å². The van der Waals surface area contributed by atoms with Gasteiger partial charge in [-0.2, -0.15) is 0 Å². The number of benzene rings is 1. The summed E-state index contributed by atoms with van der Waals surface area (Å²) >= 11 is 0. The number of piperidine rings is 1. The fourth-order valence-corrected chi connectivity index (χ4v) is 4.10.